The van der Waals surface area contributed by atoms with Crippen LogP contribution in [0.3, 0.4) is 0 Å². The van der Waals surface area contributed by atoms with Gasteiger partial charge in [0.05, 0.1) is 0 Å². The molecule has 0 bridgehead atoms. The monoisotopic (exact) mass is 422 g/mol. The summed E-state index contributed by atoms with van der Waals surface area (Å²) in [7, 11) is 4.11. The fourth-order valence-electron chi connectivity index (χ4n) is 3.95. The van der Waals surface area contributed by atoms with Gasteiger partial charge in [-0.2, -0.15) is 0 Å². The fraction of sp³-hybridized carbons (Fsp3) is 0.941. The number of aliphatic imine (C=N–C) groups is 1. The van der Waals surface area contributed by atoms with Crippen LogP contribution in [0.5, 0.6) is 0 Å². The Morgan fingerprint density at radius 3 is 2.55 bits per heavy atom. The van der Waals surface area contributed by atoms with E-state index in [2.05, 4.69) is 34.5 Å². The van der Waals surface area contributed by atoms with Crippen LogP contribution in [0.15, 0.2) is 4.99 Å². The number of hydrogen-bond acceptors (Lipinski definition) is 2. The Bertz CT molecular complexity index is 340. The van der Waals surface area contributed by atoms with E-state index in [9.17, 15) is 0 Å². The van der Waals surface area contributed by atoms with Gasteiger partial charge >= 0.3 is 0 Å². The first kappa shape index (κ1) is 20.0. The minimum Gasteiger partial charge on any atom is -0.356 e. The first-order valence-electron chi connectivity index (χ1n) is 8.80. The summed E-state index contributed by atoms with van der Waals surface area (Å²) >= 11 is 0. The second-order valence-electron chi connectivity index (χ2n) is 7.14. The number of likely N-dealkylation sites (tertiary alicyclic amines) is 1. The molecule has 2 aliphatic rings. The van der Waals surface area contributed by atoms with Gasteiger partial charge in [0, 0.05) is 26.7 Å². The molecule has 4 nitrogen and oxygen atoms in total. The molecule has 0 radical (unpaired) electrons. The third-order valence-electron chi connectivity index (χ3n) is 5.55. The maximum Gasteiger partial charge on any atom is 0.191 e. The average molecular weight is 422 g/mol. The highest BCUT2D eigenvalue weighted by atomic mass is 127. The van der Waals surface area contributed by atoms with E-state index in [0.29, 0.717) is 5.41 Å². The molecule has 5 heteroatoms. The Morgan fingerprint density at radius 1 is 1.23 bits per heavy atom. The molecule has 0 aromatic carbocycles. The van der Waals surface area contributed by atoms with Crippen LogP contribution in [0.1, 0.15) is 51.9 Å². The molecule has 1 aliphatic heterocycles. The SMILES string of the molecule is CCC1(CNC(=NC)NCC2CCCN(C)C2)CCCC1.I. The van der Waals surface area contributed by atoms with Crippen LogP contribution in [-0.2, 0) is 0 Å². The summed E-state index contributed by atoms with van der Waals surface area (Å²) < 4.78 is 0. The summed E-state index contributed by atoms with van der Waals surface area (Å²) in [6.45, 7) is 6.92. The van der Waals surface area contributed by atoms with Crippen LogP contribution in [0, 0.1) is 11.3 Å². The minimum atomic E-state index is 0. The maximum atomic E-state index is 4.40. The van der Waals surface area contributed by atoms with E-state index in [1.165, 1.54) is 58.0 Å². The molecule has 0 aromatic rings. The number of nitrogens with zero attached hydrogens (tertiary/aromatic N) is 2. The van der Waals surface area contributed by atoms with E-state index in [-0.39, 0.29) is 24.0 Å². The van der Waals surface area contributed by atoms with Crippen LogP contribution in [0.2, 0.25) is 0 Å². The van der Waals surface area contributed by atoms with Crippen molar-refractivity contribution in [3.05, 3.63) is 0 Å². The molecule has 1 aliphatic carbocycles. The summed E-state index contributed by atoms with van der Waals surface area (Å²) in [5.74, 6) is 1.75. The largest absolute Gasteiger partial charge is 0.356 e. The minimum absolute atomic E-state index is 0. The van der Waals surface area contributed by atoms with Gasteiger partial charge in [-0.1, -0.05) is 19.8 Å². The first-order chi connectivity index (χ1) is 10.2. The Balaban J connectivity index is 0.00000242. The van der Waals surface area contributed by atoms with Crippen LogP contribution in [0.4, 0.5) is 0 Å². The Labute approximate surface area is 153 Å². The molecular formula is C17H35IN4. The summed E-state index contributed by atoms with van der Waals surface area (Å²) in [5.41, 5.74) is 0.517. The van der Waals surface area contributed by atoms with Crippen molar-refractivity contribution in [2.45, 2.75) is 51.9 Å². The fourth-order valence-corrected chi connectivity index (χ4v) is 3.95. The topological polar surface area (TPSA) is 39.7 Å². The van der Waals surface area contributed by atoms with E-state index in [1.807, 2.05) is 7.05 Å². The lowest BCUT2D eigenvalue weighted by Gasteiger charge is -2.31. The second-order valence-corrected chi connectivity index (χ2v) is 7.14. The third kappa shape index (κ3) is 5.87. The van der Waals surface area contributed by atoms with Crippen molar-refractivity contribution in [3.63, 3.8) is 0 Å². The number of nitrogens with one attached hydrogen (secondary N) is 2. The summed E-state index contributed by atoms with van der Waals surface area (Å²) in [4.78, 5) is 6.84. The van der Waals surface area contributed by atoms with Crippen LogP contribution < -0.4 is 10.6 Å². The zero-order chi connectivity index (χ0) is 15.1. The zero-order valence-corrected chi connectivity index (χ0v) is 17.0. The van der Waals surface area contributed by atoms with Gasteiger partial charge in [0.2, 0.25) is 0 Å². The molecule has 2 N–H and O–H groups in total. The Hall–Kier alpha value is -0.0400. The van der Waals surface area contributed by atoms with Crippen molar-refractivity contribution in [2.24, 2.45) is 16.3 Å². The number of piperidine rings is 1. The van der Waals surface area contributed by atoms with E-state index >= 15 is 0 Å². The average Bonchev–Trinajstić information content (AvgIpc) is 2.97. The smallest absolute Gasteiger partial charge is 0.191 e. The molecule has 1 saturated carbocycles. The van der Waals surface area contributed by atoms with Crippen LogP contribution in [-0.4, -0.2) is 51.1 Å². The third-order valence-corrected chi connectivity index (χ3v) is 5.55. The lowest BCUT2D eigenvalue weighted by Crippen LogP contribution is -2.46. The molecule has 22 heavy (non-hydrogen) atoms. The van der Waals surface area contributed by atoms with E-state index in [0.717, 1.165) is 25.0 Å². The van der Waals surface area contributed by atoms with E-state index in [1.54, 1.807) is 0 Å². The van der Waals surface area contributed by atoms with Gasteiger partial charge in [0.1, 0.15) is 0 Å². The predicted molar refractivity (Wildman–Crippen MR) is 106 cm³/mol. The van der Waals surface area contributed by atoms with Gasteiger partial charge in [0.15, 0.2) is 5.96 Å². The second kappa shape index (κ2) is 9.96. The number of hydrogen-bond donors (Lipinski definition) is 2. The Morgan fingerprint density at radius 2 is 1.95 bits per heavy atom. The highest BCUT2D eigenvalue weighted by Crippen LogP contribution is 2.40. The summed E-state index contributed by atoms with van der Waals surface area (Å²) in [5, 5.41) is 7.12. The molecule has 2 rings (SSSR count). The molecular weight excluding hydrogens is 387 g/mol. The van der Waals surface area contributed by atoms with Crippen LogP contribution in [0.25, 0.3) is 0 Å². The molecule has 0 aromatic heterocycles. The van der Waals surface area contributed by atoms with Crippen molar-refractivity contribution >= 4 is 29.9 Å². The lowest BCUT2D eigenvalue weighted by molar-refractivity contribution is 0.210. The number of halogens is 1. The van der Waals surface area contributed by atoms with Gasteiger partial charge in [0.25, 0.3) is 0 Å². The van der Waals surface area contributed by atoms with E-state index < -0.39 is 0 Å². The maximum absolute atomic E-state index is 4.40. The van der Waals surface area contributed by atoms with Crippen molar-refractivity contribution < 1.29 is 0 Å². The molecule has 2 fully saturated rings. The van der Waals surface area contributed by atoms with Gasteiger partial charge in [-0.3, -0.25) is 4.99 Å². The molecule has 0 amide bonds. The van der Waals surface area contributed by atoms with Crippen molar-refractivity contribution in [1.82, 2.24) is 15.5 Å². The highest BCUT2D eigenvalue weighted by Gasteiger charge is 2.31. The molecule has 1 heterocycles. The van der Waals surface area contributed by atoms with Gasteiger partial charge in [-0.05, 0) is 57.0 Å². The zero-order valence-electron chi connectivity index (χ0n) is 14.7. The van der Waals surface area contributed by atoms with Crippen molar-refractivity contribution in [2.75, 3.05) is 40.3 Å². The Kier molecular flexibility index (Phi) is 9.05. The van der Waals surface area contributed by atoms with Crippen molar-refractivity contribution in [1.29, 1.82) is 0 Å². The molecule has 1 atom stereocenters. The standard InChI is InChI=1S/C17H34N4.HI/c1-4-17(9-5-6-10-17)14-20-16(18-2)19-12-15-8-7-11-21(3)13-15;/h15H,4-14H2,1-3H3,(H2,18,19,20);1H. The van der Waals surface area contributed by atoms with Crippen molar-refractivity contribution in [3.8, 4) is 0 Å². The molecule has 130 valence electrons. The van der Waals surface area contributed by atoms with Crippen LogP contribution >= 0.6 is 24.0 Å². The van der Waals surface area contributed by atoms with Gasteiger partial charge < -0.3 is 15.5 Å². The van der Waals surface area contributed by atoms with E-state index in [4.69, 9.17) is 0 Å². The quantitative estimate of drug-likeness (QED) is 0.407. The summed E-state index contributed by atoms with van der Waals surface area (Å²) in [6.07, 6.45) is 9.50. The number of guanidine groups is 1. The van der Waals surface area contributed by atoms with Gasteiger partial charge in [-0.15, -0.1) is 24.0 Å². The molecule has 0 spiro atoms. The lowest BCUT2D eigenvalue weighted by atomic mass is 9.83. The number of rotatable bonds is 5. The highest BCUT2D eigenvalue weighted by molar-refractivity contribution is 14.0. The summed E-state index contributed by atoms with van der Waals surface area (Å²) in [6, 6.07) is 0. The normalized spacial score (nSPS) is 25.6. The first-order valence-corrected chi connectivity index (χ1v) is 8.80. The molecule has 1 saturated heterocycles. The molecule has 1 unspecified atom stereocenters. The predicted octanol–water partition coefficient (Wildman–Crippen LogP) is 3.08. The van der Waals surface area contributed by atoms with Gasteiger partial charge in [-0.25, -0.2) is 0 Å².